The van der Waals surface area contributed by atoms with Crippen LogP contribution in [-0.4, -0.2) is 13.1 Å². The molecule has 0 amide bonds. The van der Waals surface area contributed by atoms with Gasteiger partial charge < -0.3 is 4.90 Å². The van der Waals surface area contributed by atoms with E-state index in [4.69, 9.17) is 0 Å². The fourth-order valence-electron chi connectivity index (χ4n) is 1.80. The molecule has 0 aromatic heterocycles. The highest BCUT2D eigenvalue weighted by Gasteiger charge is 2.08. The van der Waals surface area contributed by atoms with Crippen LogP contribution in [0.2, 0.25) is 0 Å². The van der Waals surface area contributed by atoms with Crippen LogP contribution in [0.1, 0.15) is 12.5 Å². The maximum absolute atomic E-state index is 2.40. The van der Waals surface area contributed by atoms with Gasteiger partial charge in [-0.15, -0.1) is 0 Å². The van der Waals surface area contributed by atoms with E-state index < -0.39 is 0 Å². The van der Waals surface area contributed by atoms with E-state index in [0.29, 0.717) is 0 Å². The molecule has 1 heterocycles. The number of fused-ring (bicyclic) bond motifs is 1. The average molecular weight is 173 g/mol. The minimum absolute atomic E-state index is 1.05. The maximum Gasteiger partial charge on any atom is 0.0404 e. The van der Waals surface area contributed by atoms with Crippen LogP contribution in [0.25, 0.3) is 0 Å². The van der Waals surface area contributed by atoms with Crippen molar-refractivity contribution in [1.82, 2.24) is 0 Å². The molecule has 1 aromatic rings. The van der Waals surface area contributed by atoms with E-state index in [1.165, 1.54) is 11.3 Å². The van der Waals surface area contributed by atoms with Gasteiger partial charge in [0.1, 0.15) is 0 Å². The fourth-order valence-corrected chi connectivity index (χ4v) is 1.80. The van der Waals surface area contributed by atoms with Crippen molar-refractivity contribution < 1.29 is 0 Å². The molecule has 0 spiro atoms. The van der Waals surface area contributed by atoms with E-state index in [-0.39, 0.29) is 0 Å². The standard InChI is InChI=1S/C12H15N/c1-2-13-10-6-5-8-11-7-3-4-9-12(11)13/h3-7,9H,2,8,10H2,1H3. The molecule has 0 unspecified atom stereocenters. The molecule has 1 heteroatoms. The molecule has 0 saturated heterocycles. The Morgan fingerprint density at radius 2 is 2.08 bits per heavy atom. The minimum atomic E-state index is 1.05. The summed E-state index contributed by atoms with van der Waals surface area (Å²) in [6.45, 7) is 4.34. The van der Waals surface area contributed by atoms with E-state index in [1.807, 2.05) is 0 Å². The molecule has 1 aliphatic rings. The summed E-state index contributed by atoms with van der Waals surface area (Å²) >= 11 is 0. The summed E-state index contributed by atoms with van der Waals surface area (Å²) in [5.41, 5.74) is 2.84. The fraction of sp³-hybridized carbons (Fsp3) is 0.333. The predicted molar refractivity (Wildman–Crippen MR) is 57.2 cm³/mol. The number of nitrogens with zero attached hydrogens (tertiary/aromatic N) is 1. The zero-order valence-corrected chi connectivity index (χ0v) is 8.03. The summed E-state index contributed by atoms with van der Waals surface area (Å²) in [5.74, 6) is 0. The molecule has 2 rings (SSSR count). The van der Waals surface area contributed by atoms with Gasteiger partial charge in [0.2, 0.25) is 0 Å². The Bertz CT molecular complexity index is 315. The highest BCUT2D eigenvalue weighted by atomic mass is 15.1. The third-order valence-corrected chi connectivity index (χ3v) is 2.54. The maximum atomic E-state index is 2.40. The van der Waals surface area contributed by atoms with Gasteiger partial charge in [-0.05, 0) is 25.0 Å². The molecule has 13 heavy (non-hydrogen) atoms. The summed E-state index contributed by atoms with van der Waals surface area (Å²) in [5, 5.41) is 0. The second kappa shape index (κ2) is 3.65. The number of benzene rings is 1. The van der Waals surface area contributed by atoms with Crippen LogP contribution in [0.15, 0.2) is 36.4 Å². The van der Waals surface area contributed by atoms with Gasteiger partial charge in [-0.3, -0.25) is 0 Å². The molecule has 0 atom stereocenters. The molecule has 1 aromatic carbocycles. The lowest BCUT2D eigenvalue weighted by Crippen LogP contribution is -2.22. The van der Waals surface area contributed by atoms with Crippen molar-refractivity contribution in [3.05, 3.63) is 42.0 Å². The lowest BCUT2D eigenvalue weighted by atomic mass is 10.1. The van der Waals surface area contributed by atoms with Crippen molar-refractivity contribution in [1.29, 1.82) is 0 Å². The van der Waals surface area contributed by atoms with Crippen LogP contribution < -0.4 is 4.90 Å². The molecule has 68 valence electrons. The first-order chi connectivity index (χ1) is 6.42. The monoisotopic (exact) mass is 173 g/mol. The second-order valence-electron chi connectivity index (χ2n) is 3.34. The van der Waals surface area contributed by atoms with Crippen molar-refractivity contribution in [3.8, 4) is 0 Å². The third-order valence-electron chi connectivity index (χ3n) is 2.54. The van der Waals surface area contributed by atoms with E-state index in [9.17, 15) is 0 Å². The Morgan fingerprint density at radius 3 is 2.92 bits per heavy atom. The van der Waals surface area contributed by atoms with Crippen molar-refractivity contribution in [3.63, 3.8) is 0 Å². The lowest BCUT2D eigenvalue weighted by Gasteiger charge is -2.22. The van der Waals surface area contributed by atoms with Gasteiger partial charge in [-0.2, -0.15) is 0 Å². The second-order valence-corrected chi connectivity index (χ2v) is 3.34. The van der Waals surface area contributed by atoms with E-state index in [1.54, 1.807) is 0 Å². The first-order valence-corrected chi connectivity index (χ1v) is 4.89. The Kier molecular flexibility index (Phi) is 2.35. The van der Waals surface area contributed by atoms with Gasteiger partial charge in [-0.25, -0.2) is 0 Å². The number of para-hydroxylation sites is 1. The normalized spacial score (nSPS) is 15.3. The van der Waals surface area contributed by atoms with Gasteiger partial charge in [0, 0.05) is 18.8 Å². The Labute approximate surface area is 79.7 Å². The van der Waals surface area contributed by atoms with Crippen LogP contribution in [-0.2, 0) is 6.42 Å². The molecule has 0 fully saturated rings. The first kappa shape index (κ1) is 8.36. The summed E-state index contributed by atoms with van der Waals surface area (Å²) < 4.78 is 0. The number of anilines is 1. The van der Waals surface area contributed by atoms with Crippen molar-refractivity contribution in [2.45, 2.75) is 13.3 Å². The van der Waals surface area contributed by atoms with Crippen LogP contribution in [0, 0.1) is 0 Å². The number of hydrogen-bond acceptors (Lipinski definition) is 1. The summed E-state index contributed by atoms with van der Waals surface area (Å²) in [7, 11) is 0. The van der Waals surface area contributed by atoms with Gasteiger partial charge in [0.15, 0.2) is 0 Å². The van der Waals surface area contributed by atoms with Gasteiger partial charge in [0.05, 0.1) is 0 Å². The minimum Gasteiger partial charge on any atom is -0.368 e. The zero-order valence-electron chi connectivity index (χ0n) is 8.03. The van der Waals surface area contributed by atoms with Gasteiger partial charge in [-0.1, -0.05) is 30.4 Å². The topological polar surface area (TPSA) is 3.24 Å². The van der Waals surface area contributed by atoms with Crippen LogP contribution >= 0.6 is 0 Å². The van der Waals surface area contributed by atoms with Crippen molar-refractivity contribution >= 4 is 5.69 Å². The largest absolute Gasteiger partial charge is 0.368 e. The number of allylic oxidation sites excluding steroid dienone is 1. The molecule has 0 radical (unpaired) electrons. The molecule has 0 bridgehead atoms. The number of rotatable bonds is 1. The molecular weight excluding hydrogens is 158 g/mol. The van der Waals surface area contributed by atoms with E-state index >= 15 is 0 Å². The molecular formula is C12H15N. The average Bonchev–Trinajstić information content (AvgIpc) is 2.39. The number of hydrogen-bond donors (Lipinski definition) is 0. The summed E-state index contributed by atoms with van der Waals surface area (Å²) in [6, 6.07) is 8.66. The quantitative estimate of drug-likeness (QED) is 0.590. The highest BCUT2D eigenvalue weighted by Crippen LogP contribution is 2.22. The molecule has 0 N–H and O–H groups in total. The van der Waals surface area contributed by atoms with E-state index in [0.717, 1.165) is 19.5 Å². The van der Waals surface area contributed by atoms with Gasteiger partial charge >= 0.3 is 0 Å². The molecule has 1 aliphatic heterocycles. The van der Waals surface area contributed by atoms with Crippen LogP contribution in [0.3, 0.4) is 0 Å². The summed E-state index contributed by atoms with van der Waals surface area (Å²) in [4.78, 5) is 2.40. The molecule has 0 aliphatic carbocycles. The number of likely N-dealkylation sites (N-methyl/N-ethyl adjacent to an activating group) is 1. The highest BCUT2D eigenvalue weighted by molar-refractivity contribution is 5.55. The van der Waals surface area contributed by atoms with Gasteiger partial charge in [0.25, 0.3) is 0 Å². The summed E-state index contributed by atoms with van der Waals surface area (Å²) in [6.07, 6.45) is 5.59. The first-order valence-electron chi connectivity index (χ1n) is 4.89. The third kappa shape index (κ3) is 1.59. The Balaban J connectivity index is 2.41. The predicted octanol–water partition coefficient (Wildman–Crippen LogP) is 2.63. The van der Waals surface area contributed by atoms with Crippen LogP contribution in [0.5, 0.6) is 0 Å². The van der Waals surface area contributed by atoms with Crippen molar-refractivity contribution in [2.24, 2.45) is 0 Å². The van der Waals surface area contributed by atoms with Crippen molar-refractivity contribution in [2.75, 3.05) is 18.0 Å². The smallest absolute Gasteiger partial charge is 0.0404 e. The SMILES string of the molecule is CCN1CC=CCc2ccccc21. The Hall–Kier alpha value is -1.24. The van der Waals surface area contributed by atoms with E-state index in [2.05, 4.69) is 48.2 Å². The Morgan fingerprint density at radius 1 is 1.23 bits per heavy atom. The molecule has 1 nitrogen and oxygen atoms in total. The lowest BCUT2D eigenvalue weighted by molar-refractivity contribution is 0.906. The molecule has 0 saturated carbocycles. The van der Waals surface area contributed by atoms with Crippen LogP contribution in [0.4, 0.5) is 5.69 Å². The zero-order chi connectivity index (χ0) is 9.10.